The highest BCUT2D eigenvalue weighted by molar-refractivity contribution is 6.40. The topological polar surface area (TPSA) is 117 Å². The average molecular weight is 467 g/mol. The number of carboxylic acids is 1. The maximum Gasteiger partial charge on any atom is 0.333 e. The molecule has 1 atom stereocenters. The van der Waals surface area contributed by atoms with Crippen LogP contribution in [0.15, 0.2) is 48.8 Å². The highest BCUT2D eigenvalue weighted by Crippen LogP contribution is 2.28. The van der Waals surface area contributed by atoms with Gasteiger partial charge in [-0.05, 0) is 36.8 Å². The number of halogens is 3. The van der Waals surface area contributed by atoms with Gasteiger partial charge in [0.2, 0.25) is 0 Å². The third-order valence-corrected chi connectivity index (χ3v) is 5.01. The minimum absolute atomic E-state index is 0.0933. The van der Waals surface area contributed by atoms with Crippen molar-refractivity contribution >= 4 is 58.2 Å². The molecule has 0 aliphatic carbocycles. The van der Waals surface area contributed by atoms with Crippen LogP contribution >= 0.6 is 34.8 Å². The van der Waals surface area contributed by atoms with Gasteiger partial charge >= 0.3 is 5.97 Å². The van der Waals surface area contributed by atoms with E-state index in [0.29, 0.717) is 11.3 Å². The lowest BCUT2D eigenvalue weighted by molar-refractivity contribution is -0.142. The highest BCUT2D eigenvalue weighted by Gasteiger charge is 2.35. The number of nitrogens with zero attached hydrogens (tertiary/aromatic N) is 3. The van der Waals surface area contributed by atoms with Crippen LogP contribution in [0.5, 0.6) is 0 Å². The maximum atomic E-state index is 12.5. The number of carbonyl (C=O) groups excluding carboxylic acids is 1. The Balaban J connectivity index is 1.82. The lowest BCUT2D eigenvalue weighted by atomic mass is 9.92. The Hall–Kier alpha value is -2.94. The molecule has 0 saturated carbocycles. The number of aromatic nitrogens is 3. The van der Waals surface area contributed by atoms with E-state index in [-0.39, 0.29) is 26.6 Å². The first-order chi connectivity index (χ1) is 14.2. The molecule has 3 N–H and O–H groups in total. The van der Waals surface area contributed by atoms with E-state index in [1.54, 1.807) is 24.3 Å². The first-order valence-electron chi connectivity index (χ1n) is 8.42. The molecule has 0 bridgehead atoms. The molecule has 154 valence electrons. The molecule has 1 amide bonds. The molecule has 3 rings (SSSR count). The fraction of sp³-hybridized carbons (Fsp3) is 0.105. The highest BCUT2D eigenvalue weighted by atomic mass is 35.5. The predicted molar refractivity (Wildman–Crippen MR) is 114 cm³/mol. The van der Waals surface area contributed by atoms with Gasteiger partial charge < -0.3 is 15.7 Å². The standard InChI is InChI=1S/C19H14Cl3N5O3/c1-19(18(29)30,25-15-7-6-14(22)26-27-15)10-2-4-11(5-3-10)24-17(28)16-12(20)8-23-9-13(16)21/h2-9H,1H3,(H,24,28)(H,25,27)(H,29,30)/t19-/m0/s1. The molecule has 0 unspecified atom stereocenters. The van der Waals surface area contributed by atoms with Crippen molar-refractivity contribution in [3.05, 3.63) is 75.1 Å². The molecule has 0 spiro atoms. The Labute approximate surface area is 186 Å². The van der Waals surface area contributed by atoms with Crippen LogP contribution in [-0.2, 0) is 10.3 Å². The van der Waals surface area contributed by atoms with Gasteiger partial charge in [0.05, 0.1) is 15.6 Å². The monoisotopic (exact) mass is 465 g/mol. The molecule has 2 heterocycles. The summed E-state index contributed by atoms with van der Waals surface area (Å²) in [6.45, 7) is 1.48. The minimum atomic E-state index is -1.51. The number of carboxylic acid groups (broad SMARTS) is 1. The van der Waals surface area contributed by atoms with Gasteiger partial charge in [-0.1, -0.05) is 46.9 Å². The van der Waals surface area contributed by atoms with Crippen molar-refractivity contribution in [2.75, 3.05) is 10.6 Å². The van der Waals surface area contributed by atoms with Gasteiger partial charge in [-0.2, -0.15) is 0 Å². The van der Waals surface area contributed by atoms with Crippen LogP contribution in [0.1, 0.15) is 22.8 Å². The number of anilines is 2. The molecule has 3 aromatic rings. The summed E-state index contributed by atoms with van der Waals surface area (Å²) < 4.78 is 0. The number of hydrogen-bond donors (Lipinski definition) is 3. The van der Waals surface area contributed by atoms with Crippen molar-refractivity contribution in [3.63, 3.8) is 0 Å². The van der Waals surface area contributed by atoms with Crippen LogP contribution in [0.4, 0.5) is 11.5 Å². The second-order valence-electron chi connectivity index (χ2n) is 6.31. The SMILES string of the molecule is C[C@@](Nc1ccc(Cl)nn1)(C(=O)O)c1ccc(NC(=O)c2c(Cl)cncc2Cl)cc1. The Morgan fingerprint density at radius 2 is 1.60 bits per heavy atom. The van der Waals surface area contributed by atoms with E-state index in [0.717, 1.165) is 0 Å². The Morgan fingerprint density at radius 3 is 2.13 bits per heavy atom. The van der Waals surface area contributed by atoms with Crippen molar-refractivity contribution in [1.82, 2.24) is 15.2 Å². The average Bonchev–Trinajstić information content (AvgIpc) is 2.70. The van der Waals surface area contributed by atoms with E-state index >= 15 is 0 Å². The van der Waals surface area contributed by atoms with Crippen molar-refractivity contribution in [2.45, 2.75) is 12.5 Å². The number of aliphatic carboxylic acids is 1. The van der Waals surface area contributed by atoms with E-state index in [4.69, 9.17) is 34.8 Å². The summed E-state index contributed by atoms with van der Waals surface area (Å²) in [6.07, 6.45) is 2.63. The number of hydrogen-bond acceptors (Lipinski definition) is 6. The van der Waals surface area contributed by atoms with Gasteiger partial charge in [-0.3, -0.25) is 9.78 Å². The summed E-state index contributed by atoms with van der Waals surface area (Å²) in [5, 5.41) is 23.2. The summed E-state index contributed by atoms with van der Waals surface area (Å²) >= 11 is 17.7. The molecule has 8 nitrogen and oxygen atoms in total. The van der Waals surface area contributed by atoms with Gasteiger partial charge in [0.25, 0.3) is 5.91 Å². The first-order valence-corrected chi connectivity index (χ1v) is 9.56. The Kier molecular flexibility index (Phi) is 6.40. The van der Waals surface area contributed by atoms with E-state index in [1.165, 1.54) is 31.5 Å². The lowest BCUT2D eigenvalue weighted by Crippen LogP contribution is -2.40. The molecule has 11 heteroatoms. The number of carbonyl (C=O) groups is 2. The molecule has 0 radical (unpaired) electrons. The van der Waals surface area contributed by atoms with Crippen LogP contribution in [-0.4, -0.2) is 32.2 Å². The number of amides is 1. The fourth-order valence-corrected chi connectivity index (χ4v) is 3.23. The van der Waals surface area contributed by atoms with E-state index in [9.17, 15) is 14.7 Å². The van der Waals surface area contributed by atoms with Crippen molar-refractivity contribution in [2.24, 2.45) is 0 Å². The molecular weight excluding hydrogens is 453 g/mol. The number of pyridine rings is 1. The van der Waals surface area contributed by atoms with Crippen molar-refractivity contribution < 1.29 is 14.7 Å². The Bertz CT molecular complexity index is 1070. The van der Waals surface area contributed by atoms with Gasteiger partial charge in [0.1, 0.15) is 5.82 Å². The zero-order valence-electron chi connectivity index (χ0n) is 15.4. The number of benzene rings is 1. The van der Waals surface area contributed by atoms with Crippen LogP contribution in [0, 0.1) is 0 Å². The molecule has 2 aromatic heterocycles. The lowest BCUT2D eigenvalue weighted by Gasteiger charge is -2.27. The van der Waals surface area contributed by atoms with Gasteiger partial charge in [0, 0.05) is 18.1 Å². The summed E-state index contributed by atoms with van der Waals surface area (Å²) in [6, 6.07) is 9.27. The third-order valence-electron chi connectivity index (χ3n) is 4.24. The molecule has 1 aromatic carbocycles. The van der Waals surface area contributed by atoms with Crippen LogP contribution in [0.25, 0.3) is 0 Å². The van der Waals surface area contributed by atoms with E-state index < -0.39 is 17.4 Å². The second-order valence-corrected chi connectivity index (χ2v) is 7.51. The van der Waals surface area contributed by atoms with Crippen LogP contribution in [0.2, 0.25) is 15.2 Å². The molecule has 0 saturated heterocycles. The van der Waals surface area contributed by atoms with Crippen LogP contribution in [0.3, 0.4) is 0 Å². The van der Waals surface area contributed by atoms with Gasteiger partial charge in [0.15, 0.2) is 10.7 Å². The van der Waals surface area contributed by atoms with Gasteiger partial charge in [-0.15, -0.1) is 10.2 Å². The second kappa shape index (κ2) is 8.83. The predicted octanol–water partition coefficient (Wildman–Crippen LogP) is 4.50. The van der Waals surface area contributed by atoms with Gasteiger partial charge in [-0.25, -0.2) is 4.79 Å². The van der Waals surface area contributed by atoms with E-state index in [1.807, 2.05) is 0 Å². The summed E-state index contributed by atoms with van der Waals surface area (Å²) in [4.78, 5) is 28.3. The smallest absolute Gasteiger partial charge is 0.333 e. The normalized spacial score (nSPS) is 12.7. The molecule has 0 aliphatic rings. The number of nitrogens with one attached hydrogen (secondary N) is 2. The maximum absolute atomic E-state index is 12.5. The summed E-state index contributed by atoms with van der Waals surface area (Å²) in [5.41, 5.74) is -0.574. The zero-order valence-corrected chi connectivity index (χ0v) is 17.6. The largest absolute Gasteiger partial charge is 0.479 e. The quantitative estimate of drug-likeness (QED) is 0.490. The first kappa shape index (κ1) is 21.8. The third kappa shape index (κ3) is 4.62. The van der Waals surface area contributed by atoms with Crippen LogP contribution < -0.4 is 10.6 Å². The van der Waals surface area contributed by atoms with E-state index in [2.05, 4.69) is 25.8 Å². The van der Waals surface area contributed by atoms with Crippen molar-refractivity contribution in [3.8, 4) is 0 Å². The molecule has 30 heavy (non-hydrogen) atoms. The molecular formula is C19H14Cl3N5O3. The minimum Gasteiger partial charge on any atom is -0.479 e. The van der Waals surface area contributed by atoms with Crippen molar-refractivity contribution in [1.29, 1.82) is 0 Å². The summed E-state index contributed by atoms with van der Waals surface area (Å²) in [5.74, 6) is -1.41. The Morgan fingerprint density at radius 1 is 0.967 bits per heavy atom. The number of rotatable bonds is 6. The molecule has 0 aliphatic heterocycles. The molecule has 0 fully saturated rings. The zero-order chi connectivity index (χ0) is 21.9. The fourth-order valence-electron chi connectivity index (χ4n) is 2.60. The summed E-state index contributed by atoms with van der Waals surface area (Å²) in [7, 11) is 0.